The van der Waals surface area contributed by atoms with E-state index in [1.807, 2.05) is 36.1 Å². The molecule has 2 unspecified atom stereocenters. The fourth-order valence-corrected chi connectivity index (χ4v) is 4.98. The molecule has 0 spiro atoms. The summed E-state index contributed by atoms with van der Waals surface area (Å²) in [4.78, 5) is 31.7. The second kappa shape index (κ2) is 10.3. The first-order chi connectivity index (χ1) is 15.9. The Kier molecular flexibility index (Phi) is 7.38. The lowest BCUT2D eigenvalue weighted by Gasteiger charge is -2.31. The highest BCUT2D eigenvalue weighted by atomic mass is 32.2. The maximum absolute atomic E-state index is 12.0. The Morgan fingerprint density at radius 1 is 1.09 bits per heavy atom. The van der Waals surface area contributed by atoms with Crippen LogP contribution in [0.2, 0.25) is 0 Å². The van der Waals surface area contributed by atoms with Crippen molar-refractivity contribution in [1.29, 1.82) is 0 Å². The molecule has 0 saturated carbocycles. The van der Waals surface area contributed by atoms with E-state index in [1.54, 1.807) is 24.8 Å². The van der Waals surface area contributed by atoms with Gasteiger partial charge in [-0.15, -0.1) is 0 Å². The molecule has 2 atom stereocenters. The Labute approximate surface area is 199 Å². The Hall–Kier alpha value is -2.40. The van der Waals surface area contributed by atoms with Crippen LogP contribution in [0.15, 0.2) is 46.6 Å². The molecular weight excluding hydrogens is 458 g/mol. The first kappa shape index (κ1) is 23.7. The number of hydrogen-bond donors (Lipinski definition) is 1. The molecule has 174 valence electrons. The molecule has 1 aliphatic rings. The van der Waals surface area contributed by atoms with E-state index in [9.17, 15) is 13.9 Å². The Morgan fingerprint density at radius 3 is 2.39 bits per heavy atom. The van der Waals surface area contributed by atoms with E-state index in [-0.39, 0.29) is 17.0 Å². The minimum Gasteiger partial charge on any atom is -0.612 e. The molecule has 1 saturated heterocycles. The van der Waals surface area contributed by atoms with E-state index in [2.05, 4.69) is 15.0 Å². The second-order valence-corrected chi connectivity index (χ2v) is 10.7. The topological polar surface area (TPSA) is 121 Å². The molecule has 3 heterocycles. The molecule has 8 nitrogen and oxygen atoms in total. The second-order valence-electron chi connectivity index (χ2n) is 8.01. The first-order valence-electron chi connectivity index (χ1n) is 10.9. The highest BCUT2D eigenvalue weighted by Gasteiger charge is 2.27. The number of carbonyl (C=O) groups is 1. The summed E-state index contributed by atoms with van der Waals surface area (Å²) in [6.45, 7) is 3.32. The first-order valence-corrected chi connectivity index (χ1v) is 14.0. The van der Waals surface area contributed by atoms with Crippen molar-refractivity contribution in [2.24, 2.45) is 0 Å². The molecule has 0 radical (unpaired) electrons. The maximum atomic E-state index is 12.0. The van der Waals surface area contributed by atoms with Crippen molar-refractivity contribution in [3.63, 3.8) is 0 Å². The molecule has 1 aromatic carbocycles. The lowest BCUT2D eigenvalue weighted by Crippen LogP contribution is -2.37. The van der Waals surface area contributed by atoms with E-state index in [4.69, 9.17) is 4.98 Å². The highest BCUT2D eigenvalue weighted by molar-refractivity contribution is 7.90. The van der Waals surface area contributed by atoms with E-state index >= 15 is 0 Å². The molecule has 2 aromatic heterocycles. The van der Waals surface area contributed by atoms with Crippen LogP contribution in [0.4, 0.5) is 0 Å². The average Bonchev–Trinajstić information content (AvgIpc) is 3.29. The van der Waals surface area contributed by atoms with Crippen molar-refractivity contribution in [2.75, 3.05) is 25.6 Å². The normalized spacial score (nSPS) is 16.6. The fourth-order valence-electron chi connectivity index (χ4n) is 4.03. The number of imidazole rings is 1. The van der Waals surface area contributed by atoms with Gasteiger partial charge < -0.3 is 19.0 Å². The molecule has 1 N–H and O–H groups in total. The van der Waals surface area contributed by atoms with Crippen molar-refractivity contribution in [1.82, 2.24) is 24.8 Å². The summed E-state index contributed by atoms with van der Waals surface area (Å²) in [7, 11) is 0. The number of aromatic amines is 1. The number of nitrogens with one attached hydrogen (secondary N) is 1. The molecule has 1 fully saturated rings. The van der Waals surface area contributed by atoms with Gasteiger partial charge in [-0.25, -0.2) is 4.98 Å². The van der Waals surface area contributed by atoms with E-state index in [0.717, 1.165) is 40.5 Å². The van der Waals surface area contributed by atoms with Gasteiger partial charge in [0.25, 0.3) is 0 Å². The number of nitrogens with zero attached hydrogens (tertiary/aromatic N) is 4. The zero-order valence-corrected chi connectivity index (χ0v) is 20.5. The largest absolute Gasteiger partial charge is 0.612 e. The quantitative estimate of drug-likeness (QED) is 0.423. The lowest BCUT2D eigenvalue weighted by molar-refractivity contribution is -0.131. The molecule has 3 aromatic rings. The molecule has 1 amide bonds. The molecule has 0 bridgehead atoms. The minimum atomic E-state index is -1.31. The van der Waals surface area contributed by atoms with Crippen LogP contribution in [0.1, 0.15) is 37.9 Å². The van der Waals surface area contributed by atoms with Crippen LogP contribution in [-0.2, 0) is 27.1 Å². The molecule has 1 aliphatic heterocycles. The SMILES string of the molecule is CCC(=O)N1CCC(c2nc(-c3ccc([S+](C)[O-])cc3)c(-c3ccnc([S+](C)[O-])n3)[nH]2)CC1. The van der Waals surface area contributed by atoms with Crippen molar-refractivity contribution in [2.45, 2.75) is 42.2 Å². The predicted molar refractivity (Wildman–Crippen MR) is 129 cm³/mol. The lowest BCUT2D eigenvalue weighted by atomic mass is 9.96. The van der Waals surface area contributed by atoms with Crippen molar-refractivity contribution in [3.05, 3.63) is 42.4 Å². The number of carbonyl (C=O) groups excluding carboxylic acids is 1. The number of amides is 1. The van der Waals surface area contributed by atoms with E-state index < -0.39 is 22.4 Å². The summed E-state index contributed by atoms with van der Waals surface area (Å²) >= 11 is -2.37. The van der Waals surface area contributed by atoms with Crippen LogP contribution in [0.5, 0.6) is 0 Å². The average molecular weight is 486 g/mol. The molecular formula is C23H27N5O3S2. The summed E-state index contributed by atoms with van der Waals surface area (Å²) in [6, 6.07) is 9.26. The third kappa shape index (κ3) is 5.24. The number of H-pyrrole nitrogens is 1. The predicted octanol–water partition coefficient (Wildman–Crippen LogP) is 3.12. The number of piperidine rings is 1. The Bertz CT molecular complexity index is 1110. The molecule has 10 heteroatoms. The van der Waals surface area contributed by atoms with Crippen LogP contribution in [0.25, 0.3) is 22.6 Å². The maximum Gasteiger partial charge on any atom is 0.343 e. The Morgan fingerprint density at radius 2 is 1.79 bits per heavy atom. The fraction of sp³-hybridized carbons (Fsp3) is 0.391. The number of rotatable bonds is 6. The van der Waals surface area contributed by atoms with Gasteiger partial charge in [0.05, 0.1) is 17.1 Å². The van der Waals surface area contributed by atoms with Gasteiger partial charge in [-0.05, 0) is 54.3 Å². The third-order valence-corrected chi connectivity index (χ3v) is 7.51. The summed E-state index contributed by atoms with van der Waals surface area (Å²) in [5.41, 5.74) is 2.96. The monoisotopic (exact) mass is 485 g/mol. The zero-order valence-electron chi connectivity index (χ0n) is 18.9. The van der Waals surface area contributed by atoms with Crippen LogP contribution in [0.3, 0.4) is 0 Å². The summed E-state index contributed by atoms with van der Waals surface area (Å²) in [6.07, 6.45) is 6.98. The van der Waals surface area contributed by atoms with Gasteiger partial charge in [-0.1, -0.05) is 6.92 Å². The minimum absolute atomic E-state index is 0.184. The number of hydrogen-bond acceptors (Lipinski definition) is 6. The highest BCUT2D eigenvalue weighted by Crippen LogP contribution is 2.34. The van der Waals surface area contributed by atoms with Crippen LogP contribution in [0, 0.1) is 0 Å². The smallest absolute Gasteiger partial charge is 0.343 e. The van der Waals surface area contributed by atoms with E-state index in [0.29, 0.717) is 25.2 Å². The molecule has 0 aliphatic carbocycles. The van der Waals surface area contributed by atoms with Gasteiger partial charge in [0.1, 0.15) is 18.3 Å². The van der Waals surface area contributed by atoms with Crippen LogP contribution < -0.4 is 0 Å². The van der Waals surface area contributed by atoms with Gasteiger partial charge >= 0.3 is 5.16 Å². The van der Waals surface area contributed by atoms with Crippen molar-refractivity contribution >= 4 is 28.3 Å². The van der Waals surface area contributed by atoms with Crippen LogP contribution >= 0.6 is 0 Å². The van der Waals surface area contributed by atoms with Crippen molar-refractivity contribution < 1.29 is 13.9 Å². The van der Waals surface area contributed by atoms with Crippen LogP contribution in [-0.4, -0.2) is 65.4 Å². The zero-order chi connectivity index (χ0) is 23.5. The molecule has 4 rings (SSSR count). The van der Waals surface area contributed by atoms with E-state index in [1.165, 1.54) is 0 Å². The van der Waals surface area contributed by atoms with Gasteiger partial charge in [0.15, 0.2) is 4.90 Å². The summed E-state index contributed by atoms with van der Waals surface area (Å²) < 4.78 is 23.8. The summed E-state index contributed by atoms with van der Waals surface area (Å²) in [5, 5.41) is 0.262. The number of likely N-dealkylation sites (tertiary alicyclic amines) is 1. The third-order valence-electron chi connectivity index (χ3n) is 5.87. The Balaban J connectivity index is 1.71. The number of aromatic nitrogens is 4. The standard InChI is InChI=1S/C23H27N5O3S2/c1-4-19(29)28-13-10-16(11-14-28)22-26-20(15-5-7-17(8-6-15)32(2)30)21(27-22)18-9-12-24-23(25-18)33(3)31/h5-9,12,16H,4,10-11,13-14H2,1-3H3,(H,26,27). The number of benzene rings is 1. The van der Waals surface area contributed by atoms with Gasteiger partial charge in [-0.3, -0.25) is 4.79 Å². The van der Waals surface area contributed by atoms with Crippen molar-refractivity contribution in [3.8, 4) is 22.6 Å². The molecule has 33 heavy (non-hydrogen) atoms. The van der Waals surface area contributed by atoms with Gasteiger partial charge in [-0.2, -0.15) is 9.97 Å². The van der Waals surface area contributed by atoms with Gasteiger partial charge in [0.2, 0.25) is 5.91 Å². The summed E-state index contributed by atoms with van der Waals surface area (Å²) in [5.74, 6) is 1.23. The van der Waals surface area contributed by atoms with Gasteiger partial charge in [0, 0.05) is 48.4 Å².